The van der Waals surface area contributed by atoms with E-state index in [0.717, 1.165) is 30.3 Å². The van der Waals surface area contributed by atoms with Crippen LogP contribution in [0.15, 0.2) is 71.6 Å². The molecule has 0 radical (unpaired) electrons. The molecule has 1 aromatic heterocycles. The van der Waals surface area contributed by atoms with Crippen molar-refractivity contribution >= 4 is 45.3 Å². The van der Waals surface area contributed by atoms with Crippen LogP contribution < -0.4 is 29.0 Å². The molecule has 0 atom stereocenters. The van der Waals surface area contributed by atoms with Crippen molar-refractivity contribution in [1.29, 1.82) is 0 Å². The number of ether oxygens (including phenoxy) is 4. The van der Waals surface area contributed by atoms with Crippen molar-refractivity contribution in [2.45, 2.75) is 31.2 Å². The summed E-state index contributed by atoms with van der Waals surface area (Å²) in [5, 5.41) is 21.4. The molecule has 0 aliphatic heterocycles. The van der Waals surface area contributed by atoms with Gasteiger partial charge >= 0.3 is 37.1 Å². The molecule has 0 aliphatic rings. The monoisotopic (exact) mass is 815 g/mol. The van der Waals surface area contributed by atoms with Crippen molar-refractivity contribution in [3.63, 3.8) is 0 Å². The van der Waals surface area contributed by atoms with Gasteiger partial charge in [-0.15, -0.1) is 0 Å². The number of benzene rings is 3. The molecule has 0 aliphatic carbocycles. The summed E-state index contributed by atoms with van der Waals surface area (Å²) in [4.78, 5) is 39.2. The van der Waals surface area contributed by atoms with Crippen LogP contribution >= 0.6 is 11.6 Å². The van der Waals surface area contributed by atoms with Crippen LogP contribution in [-0.4, -0.2) is 60.2 Å². The van der Waals surface area contributed by atoms with Gasteiger partial charge in [0, 0.05) is 12.1 Å². The number of carboxylic acids is 1. The van der Waals surface area contributed by atoms with E-state index in [4.69, 9.17) is 26.2 Å². The van der Waals surface area contributed by atoms with Crippen LogP contribution in [0.25, 0.3) is 0 Å². The number of nitrogens with zero attached hydrogens (tertiary/aromatic N) is 3. The molecule has 0 unspecified atom stereocenters. The Balaban J connectivity index is 0.000000297. The number of halogens is 8. The van der Waals surface area contributed by atoms with Crippen molar-refractivity contribution in [1.82, 2.24) is 14.7 Å². The Bertz CT molecular complexity index is 2090. The van der Waals surface area contributed by atoms with E-state index in [0.29, 0.717) is 6.07 Å². The van der Waals surface area contributed by atoms with Gasteiger partial charge in [0.25, 0.3) is 10.0 Å². The number of aromatic nitrogens is 2. The summed E-state index contributed by atoms with van der Waals surface area (Å²) >= 11 is 5.80. The highest BCUT2D eigenvalue weighted by atomic mass is 35.5. The summed E-state index contributed by atoms with van der Waals surface area (Å²) in [5.74, 6) is -4.34. The van der Waals surface area contributed by atoms with Crippen molar-refractivity contribution in [2.75, 3.05) is 11.9 Å². The molecular weight excluding hydrogens is 795 g/mol. The number of rotatable bonds is 13. The topological polar surface area (TPSA) is 218 Å². The Morgan fingerprint density at radius 3 is 2.07 bits per heavy atom. The number of nitro groups is 1. The SMILES string of the molecule is CCOc1cc(Oc2ccc(C(F)(F)F)cc2Cl)ccc1[N+](=O)[O-].O=C(Nc1nc(OC(F)F)cc(OC(F)F)n1)NS(=O)(=O)c1ccccc1C(=O)O. The number of hydrogen-bond donors (Lipinski definition) is 3. The lowest BCUT2D eigenvalue weighted by molar-refractivity contribution is -0.385. The summed E-state index contributed by atoms with van der Waals surface area (Å²) in [6.45, 7) is -4.96. The van der Waals surface area contributed by atoms with Crippen molar-refractivity contribution in [3.05, 3.63) is 93.0 Å². The Morgan fingerprint density at radius 2 is 1.56 bits per heavy atom. The van der Waals surface area contributed by atoms with Crippen LogP contribution in [-0.2, 0) is 16.2 Å². The van der Waals surface area contributed by atoms with Gasteiger partial charge in [0.1, 0.15) is 16.4 Å². The highest BCUT2D eigenvalue weighted by molar-refractivity contribution is 7.90. The van der Waals surface area contributed by atoms with Crippen LogP contribution in [0, 0.1) is 10.1 Å². The second kappa shape index (κ2) is 18.0. The first-order valence-electron chi connectivity index (χ1n) is 14.1. The number of nitro benzene ring substituents is 1. The second-order valence-corrected chi connectivity index (χ2v) is 11.6. The number of carbonyl (C=O) groups excluding carboxylic acids is 1. The van der Waals surface area contributed by atoms with Gasteiger partial charge in [-0.05, 0) is 43.3 Å². The molecule has 290 valence electrons. The van der Waals surface area contributed by atoms with E-state index in [2.05, 4.69) is 19.4 Å². The zero-order valence-electron chi connectivity index (χ0n) is 26.5. The number of anilines is 1. The van der Waals surface area contributed by atoms with Crippen LogP contribution in [0.5, 0.6) is 29.0 Å². The smallest absolute Gasteiger partial charge is 0.416 e. The molecule has 2 amide bonds. The number of hydrogen-bond acceptors (Lipinski definition) is 12. The zero-order valence-corrected chi connectivity index (χ0v) is 28.1. The molecule has 0 saturated heterocycles. The highest BCUT2D eigenvalue weighted by Crippen LogP contribution is 2.38. The molecule has 16 nitrogen and oxygen atoms in total. The molecule has 4 aromatic rings. The standard InChI is InChI=1S/C15H11ClF3NO4.C14H10F4N4O7S/c1-2-23-14-8-10(4-5-12(14)20(21)22)24-13-6-3-9(7-11(13)16)15(17,18)19;15-11(16)28-8-5-9(29-12(17)18)20-13(19-8)21-14(25)22-30(26,27)7-4-2-1-3-6(7)10(23)24/h3-8H,2H2,1H3;1-5,11-12H,(H,23,24)(H2,19,20,21,22,25). The fourth-order valence-corrected chi connectivity index (χ4v) is 5.14. The first-order chi connectivity index (χ1) is 25.2. The van der Waals surface area contributed by atoms with Gasteiger partial charge in [-0.3, -0.25) is 15.4 Å². The fourth-order valence-electron chi connectivity index (χ4n) is 3.81. The van der Waals surface area contributed by atoms with Gasteiger partial charge in [-0.1, -0.05) is 23.7 Å². The van der Waals surface area contributed by atoms with Crippen molar-refractivity contribution in [2.24, 2.45) is 0 Å². The normalized spacial score (nSPS) is 11.2. The van der Waals surface area contributed by atoms with E-state index in [9.17, 15) is 58.9 Å². The number of amides is 2. The summed E-state index contributed by atoms with van der Waals surface area (Å²) in [6, 6.07) is 9.63. The van der Waals surface area contributed by atoms with Crippen molar-refractivity contribution in [3.8, 4) is 29.0 Å². The quantitative estimate of drug-likeness (QED) is 0.0684. The predicted octanol–water partition coefficient (Wildman–Crippen LogP) is 7.35. The number of nitrogens with one attached hydrogen (secondary N) is 2. The van der Waals surface area contributed by atoms with Crippen LogP contribution in [0.2, 0.25) is 5.02 Å². The van der Waals surface area contributed by atoms with E-state index in [1.807, 2.05) is 0 Å². The number of carboxylic acid groups (broad SMARTS) is 1. The molecule has 54 heavy (non-hydrogen) atoms. The Morgan fingerprint density at radius 1 is 0.944 bits per heavy atom. The van der Waals surface area contributed by atoms with E-state index in [1.54, 1.807) is 12.2 Å². The number of sulfonamides is 1. The maximum atomic E-state index is 12.6. The number of aromatic carboxylic acids is 1. The number of alkyl halides is 7. The molecule has 1 heterocycles. The van der Waals surface area contributed by atoms with E-state index in [1.165, 1.54) is 35.1 Å². The largest absolute Gasteiger partial charge is 0.487 e. The Labute approximate surface area is 302 Å². The summed E-state index contributed by atoms with van der Waals surface area (Å²) in [7, 11) is -4.71. The predicted molar refractivity (Wildman–Crippen MR) is 169 cm³/mol. The molecule has 0 bridgehead atoms. The van der Waals surface area contributed by atoms with Gasteiger partial charge < -0.3 is 24.1 Å². The van der Waals surface area contributed by atoms with Crippen LogP contribution in [0.4, 0.5) is 47.2 Å². The average Bonchev–Trinajstić information content (AvgIpc) is 3.04. The van der Waals surface area contributed by atoms with Gasteiger partial charge in [0.2, 0.25) is 23.5 Å². The van der Waals surface area contributed by atoms with Gasteiger partial charge in [-0.2, -0.15) is 40.7 Å². The summed E-state index contributed by atoms with van der Waals surface area (Å²) in [5.41, 5.74) is -1.80. The highest BCUT2D eigenvalue weighted by Gasteiger charge is 2.31. The average molecular weight is 816 g/mol. The Hall–Kier alpha value is -6.17. The number of carbonyl (C=O) groups is 2. The third kappa shape index (κ3) is 12.2. The molecule has 4 rings (SSSR count). The maximum absolute atomic E-state index is 12.6. The molecule has 0 saturated carbocycles. The van der Waals surface area contributed by atoms with Crippen molar-refractivity contribution < 1.29 is 77.7 Å². The van der Waals surface area contributed by atoms with E-state index in [-0.39, 0.29) is 34.6 Å². The third-order valence-corrected chi connectivity index (χ3v) is 7.56. The molecule has 0 fully saturated rings. The summed E-state index contributed by atoms with van der Waals surface area (Å²) in [6.07, 6.45) is -4.52. The van der Waals surface area contributed by atoms with Crippen LogP contribution in [0.1, 0.15) is 22.8 Å². The van der Waals surface area contributed by atoms with Gasteiger partial charge in [-0.25, -0.2) is 22.7 Å². The molecule has 0 spiro atoms. The number of urea groups is 1. The minimum absolute atomic E-state index is 0.0111. The molecule has 3 aromatic carbocycles. The second-order valence-electron chi connectivity index (χ2n) is 9.55. The zero-order chi connectivity index (χ0) is 40.4. The van der Waals surface area contributed by atoms with Gasteiger partial charge in [0.15, 0.2) is 0 Å². The van der Waals surface area contributed by atoms with Crippen LogP contribution in [0.3, 0.4) is 0 Å². The van der Waals surface area contributed by atoms with E-state index < -0.39 is 80.1 Å². The minimum Gasteiger partial charge on any atom is -0.487 e. The minimum atomic E-state index is -4.71. The van der Waals surface area contributed by atoms with Gasteiger partial charge in [0.05, 0.1) is 33.7 Å². The van der Waals surface area contributed by atoms with E-state index >= 15 is 0 Å². The lowest BCUT2D eigenvalue weighted by atomic mass is 10.2. The lowest BCUT2D eigenvalue weighted by Gasteiger charge is -2.12. The molecule has 25 heteroatoms. The maximum Gasteiger partial charge on any atom is 0.416 e. The molecular formula is C29H21ClF7N5O11S. The Kier molecular flexibility index (Phi) is 14.1. The molecule has 3 N–H and O–H groups in total. The third-order valence-electron chi connectivity index (χ3n) is 5.87. The first kappa shape index (κ1) is 42.2. The fraction of sp³-hybridized carbons (Fsp3) is 0.172. The summed E-state index contributed by atoms with van der Waals surface area (Å²) < 4.78 is 131. The first-order valence-corrected chi connectivity index (χ1v) is 16.0. The lowest BCUT2D eigenvalue weighted by Crippen LogP contribution is -2.35.